The fourth-order valence-corrected chi connectivity index (χ4v) is 1.40. The number of ether oxygens (including phenoxy) is 1. The molecular formula is C9H15ClN4O2. The summed E-state index contributed by atoms with van der Waals surface area (Å²) in [5.74, 6) is 0.411. The molecule has 1 heterocycles. The van der Waals surface area contributed by atoms with Gasteiger partial charge in [0.15, 0.2) is 5.82 Å². The van der Waals surface area contributed by atoms with Crippen molar-refractivity contribution in [2.24, 2.45) is 0 Å². The van der Waals surface area contributed by atoms with E-state index in [0.29, 0.717) is 23.8 Å². The highest BCUT2D eigenvalue weighted by atomic mass is 35.5. The summed E-state index contributed by atoms with van der Waals surface area (Å²) >= 11 is 5.71. The van der Waals surface area contributed by atoms with Crippen molar-refractivity contribution in [2.75, 3.05) is 31.4 Å². The minimum absolute atomic E-state index is 0.0893. The summed E-state index contributed by atoms with van der Waals surface area (Å²) < 4.78 is 4.93. The first-order valence-electron chi connectivity index (χ1n) is 4.74. The van der Waals surface area contributed by atoms with Crippen LogP contribution in [0.4, 0.5) is 11.5 Å². The second-order valence-corrected chi connectivity index (χ2v) is 3.66. The minimum atomic E-state index is -0.280. The number of nitrogen functional groups attached to an aromatic ring is 1. The van der Waals surface area contributed by atoms with E-state index in [4.69, 9.17) is 27.2 Å². The molecule has 0 spiro atoms. The van der Waals surface area contributed by atoms with E-state index in [-0.39, 0.29) is 17.9 Å². The third kappa shape index (κ3) is 3.19. The van der Waals surface area contributed by atoms with Crippen molar-refractivity contribution in [3.63, 3.8) is 0 Å². The highest BCUT2D eigenvalue weighted by molar-refractivity contribution is 6.28. The van der Waals surface area contributed by atoms with Crippen LogP contribution in [0.1, 0.15) is 5.69 Å². The largest absolute Gasteiger partial charge is 0.394 e. The normalized spacial score (nSPS) is 12.5. The van der Waals surface area contributed by atoms with Crippen LogP contribution in [0.5, 0.6) is 0 Å². The van der Waals surface area contributed by atoms with Gasteiger partial charge < -0.3 is 20.9 Å². The lowest BCUT2D eigenvalue weighted by molar-refractivity contribution is 0.153. The number of rotatable bonds is 5. The first kappa shape index (κ1) is 13.0. The number of hydrogen-bond acceptors (Lipinski definition) is 6. The molecule has 1 rings (SSSR count). The van der Waals surface area contributed by atoms with Crippen molar-refractivity contribution in [1.82, 2.24) is 9.97 Å². The molecular weight excluding hydrogens is 232 g/mol. The van der Waals surface area contributed by atoms with E-state index in [1.165, 1.54) is 0 Å². The van der Waals surface area contributed by atoms with E-state index in [2.05, 4.69) is 15.3 Å². The van der Waals surface area contributed by atoms with Gasteiger partial charge >= 0.3 is 0 Å². The van der Waals surface area contributed by atoms with Crippen molar-refractivity contribution in [1.29, 1.82) is 0 Å². The lowest BCUT2D eigenvalue weighted by atomic mass is 10.3. The average molecular weight is 247 g/mol. The Balaban J connectivity index is 2.87. The van der Waals surface area contributed by atoms with Crippen LogP contribution in [-0.4, -0.2) is 41.4 Å². The molecule has 1 aromatic heterocycles. The van der Waals surface area contributed by atoms with Crippen molar-refractivity contribution in [2.45, 2.75) is 13.0 Å². The summed E-state index contributed by atoms with van der Waals surface area (Å²) in [4.78, 5) is 7.86. The maximum atomic E-state index is 9.09. The molecule has 4 N–H and O–H groups in total. The number of nitrogens with zero attached hydrogens (tertiary/aromatic N) is 2. The summed E-state index contributed by atoms with van der Waals surface area (Å²) in [6.45, 7) is 1.99. The second kappa shape index (κ2) is 5.83. The molecule has 0 saturated heterocycles. The fourth-order valence-electron chi connectivity index (χ4n) is 1.19. The Morgan fingerprint density at radius 1 is 1.56 bits per heavy atom. The van der Waals surface area contributed by atoms with E-state index in [1.807, 2.05) is 0 Å². The topological polar surface area (TPSA) is 93.3 Å². The van der Waals surface area contributed by atoms with E-state index in [9.17, 15) is 0 Å². The lowest BCUT2D eigenvalue weighted by Gasteiger charge is -2.17. The molecule has 0 aliphatic heterocycles. The monoisotopic (exact) mass is 246 g/mol. The molecule has 0 saturated carbocycles. The van der Waals surface area contributed by atoms with E-state index in [0.717, 1.165) is 0 Å². The zero-order valence-electron chi connectivity index (χ0n) is 9.20. The zero-order chi connectivity index (χ0) is 12.1. The van der Waals surface area contributed by atoms with Gasteiger partial charge in [0.1, 0.15) is 0 Å². The van der Waals surface area contributed by atoms with E-state index in [1.54, 1.807) is 14.0 Å². The standard InChI is InChI=1S/C9H15ClN4O2/c1-5-7(11)8(14-9(10)12-5)13-6(3-15)4-16-2/h6,15H,3-4,11H2,1-2H3,(H,12,13,14). The highest BCUT2D eigenvalue weighted by Gasteiger charge is 2.12. The number of aryl methyl sites for hydroxylation is 1. The van der Waals surface area contributed by atoms with Gasteiger partial charge in [-0.05, 0) is 18.5 Å². The fraction of sp³-hybridized carbons (Fsp3) is 0.556. The Labute approximate surface area is 98.8 Å². The van der Waals surface area contributed by atoms with Gasteiger partial charge in [0.2, 0.25) is 5.28 Å². The Kier molecular flexibility index (Phi) is 4.72. The molecule has 0 bridgehead atoms. The summed E-state index contributed by atoms with van der Waals surface area (Å²) in [7, 11) is 1.55. The quantitative estimate of drug-likeness (QED) is 0.653. The highest BCUT2D eigenvalue weighted by Crippen LogP contribution is 2.21. The molecule has 6 nitrogen and oxygen atoms in total. The molecule has 0 aromatic carbocycles. The summed E-state index contributed by atoms with van der Waals surface area (Å²) in [5, 5.41) is 12.1. The molecule has 0 amide bonds. The van der Waals surface area contributed by atoms with Crippen molar-refractivity contribution < 1.29 is 9.84 Å². The van der Waals surface area contributed by atoms with E-state index >= 15 is 0 Å². The van der Waals surface area contributed by atoms with Crippen LogP contribution in [0.15, 0.2) is 0 Å². The second-order valence-electron chi connectivity index (χ2n) is 3.32. The Hall–Kier alpha value is -1.11. The van der Waals surface area contributed by atoms with Crippen LogP contribution in [0.25, 0.3) is 0 Å². The number of halogens is 1. The smallest absolute Gasteiger partial charge is 0.224 e. The number of methoxy groups -OCH3 is 1. The number of aromatic nitrogens is 2. The Bertz CT molecular complexity index is 362. The third-order valence-electron chi connectivity index (χ3n) is 2.04. The van der Waals surface area contributed by atoms with Gasteiger partial charge in [-0.25, -0.2) is 4.98 Å². The van der Waals surface area contributed by atoms with Gasteiger partial charge in [-0.3, -0.25) is 0 Å². The predicted molar refractivity (Wildman–Crippen MR) is 62.6 cm³/mol. The molecule has 7 heteroatoms. The van der Waals surface area contributed by atoms with Gasteiger partial charge in [-0.1, -0.05) is 0 Å². The average Bonchev–Trinajstić information content (AvgIpc) is 2.24. The summed E-state index contributed by atoms with van der Waals surface area (Å²) in [5.41, 5.74) is 6.79. The maximum absolute atomic E-state index is 9.09. The molecule has 0 aliphatic rings. The first-order chi connectivity index (χ1) is 7.58. The van der Waals surface area contributed by atoms with Gasteiger partial charge in [0.25, 0.3) is 0 Å². The van der Waals surface area contributed by atoms with Crippen molar-refractivity contribution in [3.8, 4) is 0 Å². The van der Waals surface area contributed by atoms with Crippen LogP contribution in [0, 0.1) is 6.92 Å². The van der Waals surface area contributed by atoms with Crippen molar-refractivity contribution in [3.05, 3.63) is 11.0 Å². The molecule has 0 fully saturated rings. The van der Waals surface area contributed by atoms with Crippen LogP contribution in [0.3, 0.4) is 0 Å². The number of anilines is 2. The molecule has 1 atom stereocenters. The van der Waals surface area contributed by atoms with Crippen molar-refractivity contribution >= 4 is 23.1 Å². The Morgan fingerprint density at radius 3 is 2.81 bits per heavy atom. The van der Waals surface area contributed by atoms with Crippen LogP contribution in [0.2, 0.25) is 5.28 Å². The molecule has 90 valence electrons. The van der Waals surface area contributed by atoms with Gasteiger partial charge in [0.05, 0.1) is 30.6 Å². The molecule has 1 aromatic rings. The predicted octanol–water partition coefficient (Wildman–Crippen LogP) is 0.440. The molecule has 16 heavy (non-hydrogen) atoms. The number of aliphatic hydroxyl groups is 1. The van der Waals surface area contributed by atoms with Crippen LogP contribution < -0.4 is 11.1 Å². The number of hydrogen-bond donors (Lipinski definition) is 3. The van der Waals surface area contributed by atoms with Gasteiger partial charge in [-0.15, -0.1) is 0 Å². The number of nitrogens with two attached hydrogens (primary N) is 1. The third-order valence-corrected chi connectivity index (χ3v) is 2.21. The zero-order valence-corrected chi connectivity index (χ0v) is 9.95. The van der Waals surface area contributed by atoms with E-state index < -0.39 is 0 Å². The molecule has 1 unspecified atom stereocenters. The van der Waals surface area contributed by atoms with Crippen LogP contribution in [-0.2, 0) is 4.74 Å². The first-order valence-corrected chi connectivity index (χ1v) is 5.12. The van der Waals surface area contributed by atoms with Crippen LogP contribution >= 0.6 is 11.6 Å². The molecule has 0 radical (unpaired) electrons. The number of aliphatic hydroxyl groups excluding tert-OH is 1. The lowest BCUT2D eigenvalue weighted by Crippen LogP contribution is -2.29. The van der Waals surface area contributed by atoms with Gasteiger partial charge in [-0.2, -0.15) is 4.98 Å². The maximum Gasteiger partial charge on any atom is 0.224 e. The Morgan fingerprint density at radius 2 is 2.25 bits per heavy atom. The summed E-state index contributed by atoms with van der Waals surface area (Å²) in [6, 6.07) is -0.280. The SMILES string of the molecule is COCC(CO)Nc1nc(Cl)nc(C)c1N. The van der Waals surface area contributed by atoms with Gasteiger partial charge in [0, 0.05) is 7.11 Å². The summed E-state index contributed by atoms with van der Waals surface area (Å²) in [6.07, 6.45) is 0. The minimum Gasteiger partial charge on any atom is -0.394 e. The number of nitrogens with one attached hydrogen (secondary N) is 1. The molecule has 0 aliphatic carbocycles.